The van der Waals surface area contributed by atoms with E-state index in [1.54, 1.807) is 0 Å². The van der Waals surface area contributed by atoms with E-state index < -0.39 is 0 Å². The van der Waals surface area contributed by atoms with Gasteiger partial charge in [-0.05, 0) is 79.3 Å². The molecule has 2 aliphatic carbocycles. The van der Waals surface area contributed by atoms with E-state index in [-0.39, 0.29) is 0 Å². The summed E-state index contributed by atoms with van der Waals surface area (Å²) in [7, 11) is 0. The zero-order valence-corrected chi connectivity index (χ0v) is 19.8. The van der Waals surface area contributed by atoms with Crippen molar-refractivity contribution in [2.75, 3.05) is 0 Å². The molecule has 6 atom stereocenters. The summed E-state index contributed by atoms with van der Waals surface area (Å²) in [6.45, 7) is 0. The second-order valence-electron chi connectivity index (χ2n) is 11.2. The van der Waals surface area contributed by atoms with Crippen molar-refractivity contribution in [2.24, 2.45) is 11.8 Å². The minimum absolute atomic E-state index is 0.365. The van der Waals surface area contributed by atoms with E-state index in [0.29, 0.717) is 24.2 Å². The predicted octanol–water partition coefficient (Wildman–Crippen LogP) is 4.84. The van der Waals surface area contributed by atoms with Gasteiger partial charge in [-0.3, -0.25) is 0 Å². The van der Waals surface area contributed by atoms with Gasteiger partial charge in [-0.2, -0.15) is 0 Å². The van der Waals surface area contributed by atoms with E-state index >= 15 is 0 Å². The molecule has 4 N–H and O–H groups in total. The number of nitrogens with zero attached hydrogens (tertiary/aromatic N) is 2. The Morgan fingerprint density at radius 3 is 2.11 bits per heavy atom. The third-order valence-corrected chi connectivity index (χ3v) is 8.75. The Hall–Kier alpha value is -3.66. The van der Waals surface area contributed by atoms with E-state index in [2.05, 4.69) is 81.0 Å². The monoisotopic (exact) mass is 470 g/mol. The van der Waals surface area contributed by atoms with Crippen molar-refractivity contribution >= 4 is 32.8 Å². The quantitative estimate of drug-likeness (QED) is 0.278. The molecule has 2 aliphatic heterocycles. The first-order valence-corrected chi connectivity index (χ1v) is 13.2. The van der Waals surface area contributed by atoms with Crippen molar-refractivity contribution in [3.8, 4) is 11.8 Å². The highest BCUT2D eigenvalue weighted by Crippen LogP contribution is 2.46. The molecule has 2 saturated carbocycles. The van der Waals surface area contributed by atoms with Gasteiger partial charge in [0.05, 0.1) is 34.2 Å². The molecule has 6 heteroatoms. The normalized spacial score (nSPS) is 29.9. The van der Waals surface area contributed by atoms with Gasteiger partial charge in [0.2, 0.25) is 0 Å². The SMILES string of the molecule is C(#Cc1ccc2nc([C@@H]3CC4CC4N3)[nH]c2c1)c1ccc2c(ccc3[nH]c([C@@H]4CC5C[C@H]5N4)nc32)c1. The average Bonchev–Trinajstić information content (AvgIpc) is 3.50. The fourth-order valence-electron chi connectivity index (χ4n) is 6.54. The largest absolute Gasteiger partial charge is 0.341 e. The summed E-state index contributed by atoms with van der Waals surface area (Å²) in [5.41, 5.74) is 6.23. The maximum atomic E-state index is 5.00. The number of benzene rings is 3. The highest BCUT2D eigenvalue weighted by molar-refractivity contribution is 6.04. The Bertz CT molecular complexity index is 1750. The first-order chi connectivity index (χ1) is 17.7. The fraction of sp³-hybridized carbons (Fsp3) is 0.333. The lowest BCUT2D eigenvalue weighted by molar-refractivity contribution is 0.544. The molecule has 4 aliphatic rings. The average molecular weight is 471 g/mol. The number of nitrogens with one attached hydrogen (secondary N) is 4. The fourth-order valence-corrected chi connectivity index (χ4v) is 6.54. The molecule has 2 saturated heterocycles. The molecule has 3 aromatic carbocycles. The van der Waals surface area contributed by atoms with E-state index in [9.17, 15) is 0 Å². The molecule has 2 aromatic heterocycles. The van der Waals surface area contributed by atoms with Crippen molar-refractivity contribution in [3.05, 3.63) is 71.3 Å². The molecule has 3 unspecified atom stereocenters. The van der Waals surface area contributed by atoms with E-state index in [1.807, 2.05) is 0 Å². The molecule has 4 fully saturated rings. The van der Waals surface area contributed by atoms with Crippen LogP contribution in [-0.2, 0) is 0 Å². The van der Waals surface area contributed by atoms with Crippen molar-refractivity contribution in [1.29, 1.82) is 0 Å². The maximum absolute atomic E-state index is 5.00. The zero-order valence-electron chi connectivity index (χ0n) is 19.8. The van der Waals surface area contributed by atoms with Gasteiger partial charge in [-0.15, -0.1) is 0 Å². The number of aromatic amines is 2. The van der Waals surface area contributed by atoms with Gasteiger partial charge in [0, 0.05) is 28.6 Å². The maximum Gasteiger partial charge on any atom is 0.124 e. The van der Waals surface area contributed by atoms with Crippen molar-refractivity contribution in [2.45, 2.75) is 49.9 Å². The van der Waals surface area contributed by atoms with Gasteiger partial charge in [0.1, 0.15) is 11.6 Å². The van der Waals surface area contributed by atoms with Crippen LogP contribution in [0.1, 0.15) is 60.5 Å². The smallest absolute Gasteiger partial charge is 0.124 e. The number of aromatic nitrogens is 4. The lowest BCUT2D eigenvalue weighted by Gasteiger charge is -2.08. The topological polar surface area (TPSA) is 81.4 Å². The molecule has 36 heavy (non-hydrogen) atoms. The summed E-state index contributed by atoms with van der Waals surface area (Å²) in [5.74, 6) is 10.6. The van der Waals surface area contributed by atoms with Crippen LogP contribution in [0.25, 0.3) is 32.8 Å². The van der Waals surface area contributed by atoms with Crippen LogP contribution in [0.15, 0.2) is 48.5 Å². The summed E-state index contributed by atoms with van der Waals surface area (Å²) >= 11 is 0. The highest BCUT2D eigenvalue weighted by Gasteiger charge is 2.47. The predicted molar refractivity (Wildman–Crippen MR) is 140 cm³/mol. The van der Waals surface area contributed by atoms with Crippen LogP contribution in [0.4, 0.5) is 0 Å². The minimum Gasteiger partial charge on any atom is -0.341 e. The molecule has 4 heterocycles. The third kappa shape index (κ3) is 3.06. The van der Waals surface area contributed by atoms with Crippen LogP contribution in [0.5, 0.6) is 0 Å². The Kier molecular flexibility index (Phi) is 3.78. The number of imidazole rings is 2. The second kappa shape index (κ2) is 6.97. The summed E-state index contributed by atoms with van der Waals surface area (Å²) < 4.78 is 0. The highest BCUT2D eigenvalue weighted by atomic mass is 15.1. The Morgan fingerprint density at radius 2 is 1.36 bits per heavy atom. The van der Waals surface area contributed by atoms with Crippen LogP contribution in [0.3, 0.4) is 0 Å². The molecule has 0 spiro atoms. The molecule has 9 rings (SSSR count). The van der Waals surface area contributed by atoms with Gasteiger partial charge in [-0.1, -0.05) is 24.0 Å². The molecular weight excluding hydrogens is 444 g/mol. The molecule has 6 nitrogen and oxygen atoms in total. The molecule has 0 bridgehead atoms. The van der Waals surface area contributed by atoms with Crippen molar-refractivity contribution in [1.82, 2.24) is 30.6 Å². The molecule has 0 radical (unpaired) electrons. The zero-order chi connectivity index (χ0) is 23.4. The number of fused-ring (bicyclic) bond motifs is 6. The van der Waals surface area contributed by atoms with Crippen LogP contribution in [-0.4, -0.2) is 32.0 Å². The standard InChI is InChI=1S/C30H26N6/c1(2-16-4-7-21-25(10-16)35-29(33-21)26-13-18-11-23(18)31-26)15-3-6-20-17(9-15)5-8-22-28(20)36-30(34-22)27-14-19-12-24(19)32-27/h3-10,18-19,23-24,26-27,31-32H,11-14H2,(H,33,35)(H,34,36)/t18?,19?,23?,24-,26+,27+/m1/s1. The van der Waals surface area contributed by atoms with Gasteiger partial charge >= 0.3 is 0 Å². The number of H-pyrrole nitrogens is 2. The Balaban J connectivity index is 1.01. The lowest BCUT2D eigenvalue weighted by Crippen LogP contribution is -2.18. The number of hydrogen-bond donors (Lipinski definition) is 4. The van der Waals surface area contributed by atoms with Crippen LogP contribution < -0.4 is 10.6 Å². The second-order valence-corrected chi connectivity index (χ2v) is 11.2. The summed E-state index contributed by atoms with van der Waals surface area (Å²) in [6.07, 6.45) is 5.06. The van der Waals surface area contributed by atoms with Crippen LogP contribution in [0.2, 0.25) is 0 Å². The molecule has 0 amide bonds. The summed E-state index contributed by atoms with van der Waals surface area (Å²) in [6, 6.07) is 19.2. The first kappa shape index (κ1) is 19.5. The van der Waals surface area contributed by atoms with E-state index in [0.717, 1.165) is 56.7 Å². The van der Waals surface area contributed by atoms with Crippen LogP contribution in [0, 0.1) is 23.7 Å². The van der Waals surface area contributed by atoms with E-state index in [4.69, 9.17) is 9.97 Å². The summed E-state index contributed by atoms with van der Waals surface area (Å²) in [4.78, 5) is 16.9. The molecule has 176 valence electrons. The van der Waals surface area contributed by atoms with Crippen molar-refractivity contribution < 1.29 is 0 Å². The Morgan fingerprint density at radius 1 is 0.667 bits per heavy atom. The van der Waals surface area contributed by atoms with Crippen LogP contribution >= 0.6 is 0 Å². The van der Waals surface area contributed by atoms with Gasteiger partial charge in [-0.25, -0.2) is 9.97 Å². The first-order valence-electron chi connectivity index (χ1n) is 13.2. The van der Waals surface area contributed by atoms with Gasteiger partial charge in [0.25, 0.3) is 0 Å². The minimum atomic E-state index is 0.365. The van der Waals surface area contributed by atoms with Crippen molar-refractivity contribution in [3.63, 3.8) is 0 Å². The number of hydrogen-bond acceptors (Lipinski definition) is 4. The van der Waals surface area contributed by atoms with Gasteiger partial charge < -0.3 is 20.6 Å². The summed E-state index contributed by atoms with van der Waals surface area (Å²) in [5, 5.41) is 9.73. The number of rotatable bonds is 2. The number of piperidine rings is 2. The lowest BCUT2D eigenvalue weighted by atomic mass is 10.1. The van der Waals surface area contributed by atoms with E-state index in [1.165, 1.54) is 36.5 Å². The molecule has 5 aromatic rings. The van der Waals surface area contributed by atoms with Gasteiger partial charge in [0.15, 0.2) is 0 Å². The molecular formula is C30H26N6. The third-order valence-electron chi connectivity index (χ3n) is 8.75. The Labute approximate surface area is 208 Å².